The quantitative estimate of drug-likeness (QED) is 0.407. The fraction of sp³-hybridized carbons (Fsp3) is 0. The van der Waals surface area contributed by atoms with Crippen molar-refractivity contribution in [2.75, 3.05) is 0 Å². The van der Waals surface area contributed by atoms with Crippen molar-refractivity contribution >= 4 is 32.0 Å². The van der Waals surface area contributed by atoms with Crippen LogP contribution in [0.25, 0.3) is 0 Å². The molecule has 0 fully saturated rings. The van der Waals surface area contributed by atoms with Gasteiger partial charge in [-0.2, -0.15) is 0 Å². The van der Waals surface area contributed by atoms with Crippen LogP contribution in [0.15, 0.2) is 0 Å². The molecule has 0 saturated carbocycles. The molecule has 0 aliphatic rings. The molecular weight excluding hydrogens is 314 g/mol. The van der Waals surface area contributed by atoms with Crippen LogP contribution in [0.1, 0.15) is 0 Å². The molecule has 0 atom stereocenters. The summed E-state index contributed by atoms with van der Waals surface area (Å²) in [6, 6.07) is 0. The third-order valence-corrected chi connectivity index (χ3v) is 0. The summed E-state index contributed by atoms with van der Waals surface area (Å²) in [5.74, 6) is 0. The van der Waals surface area contributed by atoms with E-state index in [2.05, 4.69) is 0 Å². The van der Waals surface area contributed by atoms with Crippen molar-refractivity contribution in [2.24, 2.45) is 0 Å². The van der Waals surface area contributed by atoms with E-state index in [1.165, 1.54) is 0 Å². The van der Waals surface area contributed by atoms with Crippen LogP contribution in [-0.2, 0) is 0 Å². The third-order valence-electron chi connectivity index (χ3n) is 0. The summed E-state index contributed by atoms with van der Waals surface area (Å²) in [7, 11) is -5.83. The van der Waals surface area contributed by atoms with Crippen molar-refractivity contribution in [2.45, 2.75) is 0 Å². The molecule has 0 unspecified atom stereocenters. The van der Waals surface area contributed by atoms with Crippen LogP contribution in [0.5, 0.6) is 0 Å². The second kappa shape index (κ2) is 17.0. The Bertz CT molecular complexity index is 31.2. The van der Waals surface area contributed by atoms with Gasteiger partial charge in [0.25, 0.3) is 0 Å². The molecule has 0 heterocycles. The second-order valence-electron chi connectivity index (χ2n) is 0.577. The van der Waals surface area contributed by atoms with Crippen molar-refractivity contribution in [1.29, 1.82) is 0 Å². The summed E-state index contributed by atoms with van der Waals surface area (Å²) in [4.78, 5) is 0. The van der Waals surface area contributed by atoms with Gasteiger partial charge in [0.05, 0.1) is 0 Å². The largest absolute Gasteiger partial charge is 3.00 e. The molecule has 0 aliphatic heterocycles. The van der Waals surface area contributed by atoms with Crippen LogP contribution in [-0.4, -0.2) is 32.0 Å². The summed E-state index contributed by atoms with van der Waals surface area (Å²) in [6.45, 7) is 0. The van der Waals surface area contributed by atoms with Gasteiger partial charge in [0.15, 0.2) is 0 Å². The molecule has 0 aromatic rings. The van der Waals surface area contributed by atoms with Crippen LogP contribution in [0.3, 0.4) is 0 Å². The molecule has 0 aliphatic carbocycles. The standard InChI is InChI=1S/Al.2BO3.Tm/c;2*2-1(3)4;/q+3;2*-3;+3. The Labute approximate surface area is 98.2 Å². The molecular formula is AlB2O6Tm. The van der Waals surface area contributed by atoms with E-state index < -0.39 is 14.6 Å². The Morgan fingerprint density at radius 2 is 0.600 bits per heavy atom. The van der Waals surface area contributed by atoms with Crippen LogP contribution < -0.4 is 30.1 Å². The Morgan fingerprint density at radius 3 is 0.600 bits per heavy atom. The Morgan fingerprint density at radius 1 is 0.600 bits per heavy atom. The zero-order valence-corrected chi connectivity index (χ0v) is 7.39. The normalized spacial score (nSPS) is 5.40. The predicted molar refractivity (Wildman–Crippen MR) is 17.3 cm³/mol. The van der Waals surface area contributed by atoms with Gasteiger partial charge in [0, 0.05) is 0 Å². The van der Waals surface area contributed by atoms with E-state index in [1.807, 2.05) is 0 Å². The molecule has 0 aromatic heterocycles. The molecule has 0 rings (SSSR count). The molecule has 0 aromatic carbocycles. The van der Waals surface area contributed by atoms with Gasteiger partial charge in [-0.1, -0.05) is 0 Å². The molecule has 10 heteroatoms. The molecule has 0 N–H and O–H groups in total. The van der Waals surface area contributed by atoms with Crippen LogP contribution in [0.2, 0.25) is 0 Å². The minimum atomic E-state index is -2.92. The Balaban J connectivity index is -0.0000000300. The number of hydrogen-bond acceptors (Lipinski definition) is 6. The van der Waals surface area contributed by atoms with E-state index in [9.17, 15) is 0 Å². The summed E-state index contributed by atoms with van der Waals surface area (Å²) < 4.78 is 0. The smallest absolute Gasteiger partial charge is 0.907 e. The summed E-state index contributed by atoms with van der Waals surface area (Å²) in [6.07, 6.45) is 0. The third kappa shape index (κ3) is 264. The van der Waals surface area contributed by atoms with Crippen molar-refractivity contribution < 1.29 is 67.0 Å². The van der Waals surface area contributed by atoms with Crippen LogP contribution in [0.4, 0.5) is 0 Å². The van der Waals surface area contributed by atoms with Gasteiger partial charge in [0.2, 0.25) is 0 Å². The Hall–Kier alpha value is 1.66. The molecule has 58 valence electrons. The zero-order valence-electron chi connectivity index (χ0n) is 4.46. The first-order valence-electron chi connectivity index (χ1n) is 1.41. The van der Waals surface area contributed by atoms with Crippen LogP contribution >= 0.6 is 0 Å². The molecule has 0 spiro atoms. The maximum Gasteiger partial charge on any atom is 3.00 e. The van der Waals surface area contributed by atoms with Gasteiger partial charge in [-0.15, -0.1) is 0 Å². The van der Waals surface area contributed by atoms with Gasteiger partial charge < -0.3 is 30.1 Å². The van der Waals surface area contributed by atoms with E-state index in [4.69, 9.17) is 30.1 Å². The van der Waals surface area contributed by atoms with E-state index in [0.717, 1.165) is 0 Å². The summed E-state index contributed by atoms with van der Waals surface area (Å²) >= 11 is 0. The van der Waals surface area contributed by atoms with Gasteiger partial charge in [-0.25, -0.2) is 0 Å². The molecule has 0 amide bonds. The monoisotopic (exact) mass is 314 g/mol. The van der Waals surface area contributed by atoms with E-state index in [1.54, 1.807) is 0 Å². The molecule has 0 radical (unpaired) electrons. The summed E-state index contributed by atoms with van der Waals surface area (Å²) in [5.41, 5.74) is 0. The van der Waals surface area contributed by atoms with E-state index in [0.29, 0.717) is 0 Å². The fourth-order valence-corrected chi connectivity index (χ4v) is 0. The van der Waals surface area contributed by atoms with Crippen molar-refractivity contribution in [3.05, 3.63) is 0 Å². The van der Waals surface area contributed by atoms with E-state index in [-0.39, 0.29) is 54.2 Å². The van der Waals surface area contributed by atoms with Crippen LogP contribution in [0, 0.1) is 36.9 Å². The van der Waals surface area contributed by atoms with Crippen molar-refractivity contribution in [3.8, 4) is 0 Å². The molecule has 6 nitrogen and oxygen atoms in total. The molecule has 10 heavy (non-hydrogen) atoms. The maximum absolute atomic E-state index is 8.42. The van der Waals surface area contributed by atoms with Gasteiger partial charge >= 0.3 is 54.2 Å². The SMILES string of the molecule is [Al+3].[O-]B([O-])[O-].[O-]B([O-])[O-].[Tm+3]. The predicted octanol–water partition coefficient (Wildman–Crippen LogP) is -8.28. The Kier molecular flexibility index (Phi) is 38.3. The molecule has 0 bridgehead atoms. The first-order chi connectivity index (χ1) is 3.46. The second-order valence-corrected chi connectivity index (χ2v) is 0.577. The minimum absolute atomic E-state index is 0. The van der Waals surface area contributed by atoms with Gasteiger partial charge in [0.1, 0.15) is 0 Å². The van der Waals surface area contributed by atoms with Crippen molar-refractivity contribution in [1.82, 2.24) is 0 Å². The average Bonchev–Trinajstić information content (AvgIpc) is 1.25. The zero-order chi connectivity index (χ0) is 7.15. The maximum atomic E-state index is 8.42. The first kappa shape index (κ1) is 22.6. The van der Waals surface area contributed by atoms with Crippen molar-refractivity contribution in [3.63, 3.8) is 0 Å². The average molecular weight is 314 g/mol. The summed E-state index contributed by atoms with van der Waals surface area (Å²) in [5, 5.41) is 50.5. The fourth-order valence-electron chi connectivity index (χ4n) is 0. The van der Waals surface area contributed by atoms with Gasteiger partial charge in [-0.05, 0) is 0 Å². The molecule has 0 saturated heterocycles. The first-order valence-corrected chi connectivity index (χ1v) is 1.41. The topological polar surface area (TPSA) is 138 Å². The van der Waals surface area contributed by atoms with Gasteiger partial charge in [-0.3, -0.25) is 14.6 Å². The van der Waals surface area contributed by atoms with E-state index >= 15 is 0 Å². The number of hydrogen-bond donors (Lipinski definition) is 0. The minimum Gasteiger partial charge on any atom is -0.907 e. The number of rotatable bonds is 0.